The molecule has 0 aliphatic rings. The summed E-state index contributed by atoms with van der Waals surface area (Å²) in [5.41, 5.74) is 8.39. The molecule has 2 heterocycles. The van der Waals surface area contributed by atoms with E-state index in [4.69, 9.17) is 10.5 Å². The lowest BCUT2D eigenvalue weighted by Gasteiger charge is -2.21. The number of hydrogen-bond acceptors (Lipinski definition) is 8. The Morgan fingerprint density at radius 2 is 2.14 bits per heavy atom. The van der Waals surface area contributed by atoms with Crippen molar-refractivity contribution in [3.05, 3.63) is 93.0 Å². The minimum atomic E-state index is -0.964. The van der Waals surface area contributed by atoms with E-state index in [1.807, 2.05) is 6.92 Å². The third-order valence-corrected chi connectivity index (χ3v) is 5.78. The van der Waals surface area contributed by atoms with Crippen molar-refractivity contribution in [1.29, 1.82) is 5.26 Å². The molecule has 0 bridgehead atoms. The fourth-order valence-corrected chi connectivity index (χ4v) is 3.89. The molecule has 0 aliphatic carbocycles. The van der Waals surface area contributed by atoms with Gasteiger partial charge in [-0.3, -0.25) is 4.98 Å². The minimum Gasteiger partial charge on any atom is -0.488 e. The predicted molar refractivity (Wildman–Crippen MR) is 136 cm³/mol. The Kier molecular flexibility index (Phi) is 7.50. The molecule has 10 nitrogen and oxygen atoms in total. The van der Waals surface area contributed by atoms with Gasteiger partial charge in [-0.25, -0.2) is 14.2 Å². The molecule has 2 aromatic carbocycles. The number of aromatic nitrogens is 4. The summed E-state index contributed by atoms with van der Waals surface area (Å²) in [6.07, 6.45) is 2.07. The first-order valence-corrected chi connectivity index (χ1v) is 11.6. The summed E-state index contributed by atoms with van der Waals surface area (Å²) < 4.78 is 22.3. The molecular formula is C26H26FN7O3. The molecule has 0 spiro atoms. The molecule has 0 amide bonds. The van der Waals surface area contributed by atoms with Crippen LogP contribution in [-0.2, 0) is 6.42 Å². The molecule has 1 unspecified atom stereocenters. The van der Waals surface area contributed by atoms with Crippen LogP contribution in [0.1, 0.15) is 41.0 Å². The van der Waals surface area contributed by atoms with Gasteiger partial charge in [0.25, 0.3) is 0 Å². The van der Waals surface area contributed by atoms with E-state index >= 15 is 4.39 Å². The number of aryl methyl sites for hydroxylation is 2. The Morgan fingerprint density at radius 1 is 1.32 bits per heavy atom. The van der Waals surface area contributed by atoms with Crippen LogP contribution in [0.3, 0.4) is 0 Å². The number of anilines is 2. The highest BCUT2D eigenvalue weighted by atomic mass is 19.1. The van der Waals surface area contributed by atoms with Crippen molar-refractivity contribution in [3.63, 3.8) is 0 Å². The van der Waals surface area contributed by atoms with Gasteiger partial charge in [0, 0.05) is 17.4 Å². The molecule has 0 radical (unpaired) electrons. The van der Waals surface area contributed by atoms with Crippen LogP contribution in [0.2, 0.25) is 0 Å². The first-order valence-electron chi connectivity index (χ1n) is 11.6. The van der Waals surface area contributed by atoms with Crippen molar-refractivity contribution in [3.8, 4) is 17.6 Å². The maximum Gasteiger partial charge on any atom is 0.349 e. The van der Waals surface area contributed by atoms with Gasteiger partial charge in [-0.2, -0.15) is 9.94 Å². The van der Waals surface area contributed by atoms with Crippen LogP contribution in [0.4, 0.5) is 15.8 Å². The quantitative estimate of drug-likeness (QED) is 0.272. The Bertz CT molecular complexity index is 1520. The molecule has 11 heteroatoms. The molecule has 0 saturated carbocycles. The predicted octanol–water partition coefficient (Wildman–Crippen LogP) is 2.99. The molecule has 0 saturated heterocycles. The summed E-state index contributed by atoms with van der Waals surface area (Å²) in [6.45, 7) is 3.35. The fourth-order valence-electron chi connectivity index (χ4n) is 3.89. The summed E-state index contributed by atoms with van der Waals surface area (Å²) >= 11 is 0. The summed E-state index contributed by atoms with van der Waals surface area (Å²) in [5.74, 6) is -0.446. The maximum absolute atomic E-state index is 15.8. The lowest BCUT2D eigenvalue weighted by molar-refractivity contribution is 0.196. The summed E-state index contributed by atoms with van der Waals surface area (Å²) in [6, 6.07) is 12.7. The zero-order valence-electron chi connectivity index (χ0n) is 20.3. The first kappa shape index (κ1) is 25.4. The number of benzene rings is 2. The standard InChI is InChI=1S/C26H26FN7O3/c1-3-16-12-19(22(27)21(13-16)37-10-9-35)23(31-18-7-6-17(14-28)15(2)11-18)24-32-26(36)34(33-24)25-20(29)5-4-8-30-25/h4-8,11-13,23,31,35H,3,9-10,29H2,1-2H3,(H,32,33,36). The minimum absolute atomic E-state index is 0.0260. The SMILES string of the molecule is CCc1cc(OCCO)c(F)c(C(Nc2ccc(C#N)c(C)c2)c2nn(-c3ncccc3N)c(=O)[nH]2)c1. The van der Waals surface area contributed by atoms with E-state index in [0.717, 1.165) is 15.8 Å². The van der Waals surface area contributed by atoms with Gasteiger partial charge in [-0.15, -0.1) is 5.10 Å². The van der Waals surface area contributed by atoms with Crippen LogP contribution >= 0.6 is 0 Å². The van der Waals surface area contributed by atoms with Gasteiger partial charge in [0.1, 0.15) is 12.6 Å². The number of H-pyrrole nitrogens is 1. The maximum atomic E-state index is 15.8. The Labute approximate surface area is 212 Å². The second-order valence-corrected chi connectivity index (χ2v) is 8.29. The molecule has 2 aromatic heterocycles. The number of nitrogens with one attached hydrogen (secondary N) is 2. The van der Waals surface area contributed by atoms with E-state index in [-0.39, 0.29) is 41.9 Å². The second kappa shape index (κ2) is 10.9. The largest absolute Gasteiger partial charge is 0.488 e. The van der Waals surface area contributed by atoms with Gasteiger partial charge in [-0.1, -0.05) is 13.0 Å². The number of nitriles is 1. The topological polar surface area (TPSA) is 155 Å². The van der Waals surface area contributed by atoms with E-state index < -0.39 is 17.5 Å². The summed E-state index contributed by atoms with van der Waals surface area (Å²) in [7, 11) is 0. The van der Waals surface area contributed by atoms with E-state index in [1.54, 1.807) is 49.4 Å². The van der Waals surface area contributed by atoms with Crippen molar-refractivity contribution in [2.75, 3.05) is 24.3 Å². The van der Waals surface area contributed by atoms with E-state index in [9.17, 15) is 15.2 Å². The van der Waals surface area contributed by atoms with Gasteiger partial charge >= 0.3 is 5.69 Å². The molecule has 190 valence electrons. The number of halogens is 1. The monoisotopic (exact) mass is 503 g/mol. The number of pyridine rings is 1. The summed E-state index contributed by atoms with van der Waals surface area (Å²) in [4.78, 5) is 19.7. The molecule has 4 aromatic rings. The zero-order chi connectivity index (χ0) is 26.5. The van der Waals surface area contributed by atoms with Crippen molar-refractivity contribution >= 4 is 11.4 Å². The zero-order valence-corrected chi connectivity index (χ0v) is 20.3. The van der Waals surface area contributed by atoms with E-state index in [0.29, 0.717) is 17.7 Å². The number of aliphatic hydroxyl groups is 1. The smallest absolute Gasteiger partial charge is 0.349 e. The molecule has 5 N–H and O–H groups in total. The number of aromatic amines is 1. The van der Waals surface area contributed by atoms with Gasteiger partial charge in [-0.05, 0) is 60.9 Å². The van der Waals surface area contributed by atoms with Crippen LogP contribution in [-0.4, -0.2) is 38.1 Å². The van der Waals surface area contributed by atoms with Crippen molar-refractivity contribution in [1.82, 2.24) is 19.7 Å². The molecule has 37 heavy (non-hydrogen) atoms. The second-order valence-electron chi connectivity index (χ2n) is 8.29. The number of hydrogen-bond donors (Lipinski definition) is 4. The van der Waals surface area contributed by atoms with Gasteiger partial charge < -0.3 is 20.9 Å². The molecular weight excluding hydrogens is 477 g/mol. The molecule has 1 atom stereocenters. The molecule has 4 rings (SSSR count). The van der Waals surface area contributed by atoms with Gasteiger partial charge in [0.05, 0.1) is 23.9 Å². The van der Waals surface area contributed by atoms with E-state index in [2.05, 4.69) is 26.5 Å². The van der Waals surface area contributed by atoms with Gasteiger partial charge in [0.15, 0.2) is 23.2 Å². The van der Waals surface area contributed by atoms with Crippen molar-refractivity contribution < 1.29 is 14.2 Å². The third-order valence-electron chi connectivity index (χ3n) is 5.78. The highest BCUT2D eigenvalue weighted by molar-refractivity contribution is 5.55. The lowest BCUT2D eigenvalue weighted by Crippen LogP contribution is -2.18. The van der Waals surface area contributed by atoms with Crippen molar-refractivity contribution in [2.45, 2.75) is 26.3 Å². The number of nitrogen functional groups attached to an aromatic ring is 1. The van der Waals surface area contributed by atoms with E-state index in [1.165, 1.54) is 6.20 Å². The highest BCUT2D eigenvalue weighted by Crippen LogP contribution is 2.33. The fraction of sp³-hybridized carbons (Fsp3) is 0.231. The van der Waals surface area contributed by atoms with Crippen molar-refractivity contribution in [2.24, 2.45) is 0 Å². The number of rotatable bonds is 9. The third kappa shape index (κ3) is 5.29. The Hall–Kier alpha value is -4.69. The lowest BCUT2D eigenvalue weighted by atomic mass is 9.99. The number of nitrogens with two attached hydrogens (primary N) is 1. The number of ether oxygens (including phenoxy) is 1. The van der Waals surface area contributed by atoms with Crippen LogP contribution in [0.25, 0.3) is 5.82 Å². The normalized spacial score (nSPS) is 11.6. The van der Waals surface area contributed by atoms with Gasteiger partial charge in [0.2, 0.25) is 0 Å². The van der Waals surface area contributed by atoms with Crippen LogP contribution in [0.15, 0.2) is 53.5 Å². The van der Waals surface area contributed by atoms with Crippen LogP contribution in [0.5, 0.6) is 5.75 Å². The highest BCUT2D eigenvalue weighted by Gasteiger charge is 2.26. The van der Waals surface area contributed by atoms with Crippen LogP contribution < -0.4 is 21.5 Å². The average Bonchev–Trinajstić information content (AvgIpc) is 3.28. The first-order chi connectivity index (χ1) is 17.9. The number of nitrogens with zero attached hydrogens (tertiary/aromatic N) is 4. The Morgan fingerprint density at radius 3 is 2.81 bits per heavy atom. The summed E-state index contributed by atoms with van der Waals surface area (Å²) in [5, 5.41) is 26.1. The van der Waals surface area contributed by atoms with Crippen LogP contribution in [0, 0.1) is 24.1 Å². The number of aliphatic hydroxyl groups excluding tert-OH is 1. The molecule has 0 fully saturated rings. The molecule has 0 aliphatic heterocycles. The Balaban J connectivity index is 1.88. The average molecular weight is 504 g/mol.